The fraction of sp³-hybridized carbons (Fsp3) is 0.526. The van der Waals surface area contributed by atoms with Crippen LogP contribution in [0.15, 0.2) is 28.7 Å². The molecule has 2 N–H and O–H groups in total. The number of carbonyl (C=O) groups is 3. The van der Waals surface area contributed by atoms with Crippen molar-refractivity contribution < 1.29 is 28.6 Å². The van der Waals surface area contributed by atoms with Crippen molar-refractivity contribution in [3.8, 4) is 0 Å². The summed E-state index contributed by atoms with van der Waals surface area (Å²) in [5, 5.41) is 0. The van der Waals surface area contributed by atoms with Crippen LogP contribution in [-0.2, 0) is 35.0 Å². The van der Waals surface area contributed by atoms with E-state index in [0.717, 1.165) is 10.0 Å². The first-order valence-electron chi connectivity index (χ1n) is 8.99. The van der Waals surface area contributed by atoms with Crippen LogP contribution < -0.4 is 5.73 Å². The minimum absolute atomic E-state index is 0.140. The first-order valence-corrected chi connectivity index (χ1v) is 9.79. The van der Waals surface area contributed by atoms with Crippen molar-refractivity contribution >= 4 is 34.2 Å². The SMILES string of the molecule is CC.COC(=O)C1CC2(CN1C(=O)Cc1ccc(Br)cc1)OCCO2.NC=O. The number of esters is 1. The van der Waals surface area contributed by atoms with Crippen molar-refractivity contribution in [1.29, 1.82) is 0 Å². The maximum Gasteiger partial charge on any atom is 0.328 e. The summed E-state index contributed by atoms with van der Waals surface area (Å²) in [6, 6.07) is 6.86. The molecule has 0 aliphatic carbocycles. The number of likely N-dealkylation sites (tertiary alicyclic amines) is 1. The molecule has 8 nitrogen and oxygen atoms in total. The topological polar surface area (TPSA) is 108 Å². The zero-order valence-corrected chi connectivity index (χ0v) is 17.9. The summed E-state index contributed by atoms with van der Waals surface area (Å²) >= 11 is 3.37. The molecule has 28 heavy (non-hydrogen) atoms. The molecule has 9 heteroatoms. The molecule has 1 aromatic carbocycles. The first kappa shape index (κ1) is 24.1. The second kappa shape index (κ2) is 11.8. The Morgan fingerprint density at radius 3 is 2.32 bits per heavy atom. The molecule has 0 aromatic heterocycles. The summed E-state index contributed by atoms with van der Waals surface area (Å²) in [4.78, 5) is 34.8. The number of methoxy groups -OCH3 is 1. The van der Waals surface area contributed by atoms with E-state index >= 15 is 0 Å². The predicted octanol–water partition coefficient (Wildman–Crippen LogP) is 1.64. The van der Waals surface area contributed by atoms with Gasteiger partial charge in [0.15, 0.2) is 5.79 Å². The average molecular weight is 459 g/mol. The van der Waals surface area contributed by atoms with E-state index in [1.54, 1.807) is 0 Å². The fourth-order valence-electron chi connectivity index (χ4n) is 3.03. The lowest BCUT2D eigenvalue weighted by Gasteiger charge is -2.23. The Balaban J connectivity index is 0.000000717. The number of rotatable bonds is 3. The van der Waals surface area contributed by atoms with Gasteiger partial charge in [0.2, 0.25) is 12.3 Å². The molecule has 1 atom stereocenters. The third-order valence-corrected chi connectivity index (χ3v) is 4.70. The maximum atomic E-state index is 12.7. The van der Waals surface area contributed by atoms with Gasteiger partial charge in [0.1, 0.15) is 6.04 Å². The van der Waals surface area contributed by atoms with E-state index in [1.165, 1.54) is 12.0 Å². The lowest BCUT2D eigenvalue weighted by Crippen LogP contribution is -2.42. The molecule has 2 amide bonds. The third-order valence-electron chi connectivity index (χ3n) is 4.17. The van der Waals surface area contributed by atoms with E-state index in [9.17, 15) is 9.59 Å². The summed E-state index contributed by atoms with van der Waals surface area (Å²) in [6.07, 6.45) is 0.780. The lowest BCUT2D eigenvalue weighted by atomic mass is 10.1. The fourth-order valence-corrected chi connectivity index (χ4v) is 3.30. The third kappa shape index (κ3) is 6.29. The van der Waals surface area contributed by atoms with Crippen molar-refractivity contribution in [1.82, 2.24) is 4.90 Å². The van der Waals surface area contributed by atoms with Crippen LogP contribution in [-0.4, -0.2) is 61.9 Å². The average Bonchev–Trinajstić information content (AvgIpc) is 3.32. The molecule has 0 saturated carbocycles. The van der Waals surface area contributed by atoms with E-state index in [4.69, 9.17) is 19.0 Å². The molecule has 2 heterocycles. The molecule has 2 fully saturated rings. The minimum Gasteiger partial charge on any atom is -0.467 e. The molecule has 1 unspecified atom stereocenters. The number of benzene rings is 1. The molecule has 0 bridgehead atoms. The zero-order valence-electron chi connectivity index (χ0n) is 16.4. The van der Waals surface area contributed by atoms with Gasteiger partial charge in [0.25, 0.3) is 0 Å². The van der Waals surface area contributed by atoms with Crippen molar-refractivity contribution in [3.63, 3.8) is 0 Å². The summed E-state index contributed by atoms with van der Waals surface area (Å²) in [5.74, 6) is -1.45. The number of hydrogen-bond donors (Lipinski definition) is 1. The highest BCUT2D eigenvalue weighted by molar-refractivity contribution is 9.10. The standard InChI is InChI=1S/C16H18BrNO5.C2H6.CH3NO/c1-21-15(20)13-9-16(22-6-7-23-16)10-18(13)14(19)8-11-2-4-12(17)5-3-11;1-2;2-1-3/h2-5,13H,6-10H2,1H3;1-2H3;1H,(H2,2,3). The second-order valence-corrected chi connectivity index (χ2v) is 6.73. The summed E-state index contributed by atoms with van der Waals surface area (Å²) < 4.78 is 17.1. The number of nitrogens with zero attached hydrogens (tertiary/aromatic N) is 1. The van der Waals surface area contributed by atoms with Gasteiger partial charge in [0, 0.05) is 10.9 Å². The number of nitrogens with two attached hydrogens (primary N) is 1. The highest BCUT2D eigenvalue weighted by Gasteiger charge is 2.52. The molecule has 3 rings (SSSR count). The van der Waals surface area contributed by atoms with Gasteiger partial charge in [-0.25, -0.2) is 4.79 Å². The Kier molecular flexibility index (Phi) is 10.1. The van der Waals surface area contributed by atoms with Crippen molar-refractivity contribution in [2.75, 3.05) is 26.9 Å². The Hall–Kier alpha value is -1.97. The monoisotopic (exact) mass is 458 g/mol. The minimum atomic E-state index is -0.867. The Morgan fingerprint density at radius 1 is 1.29 bits per heavy atom. The highest BCUT2D eigenvalue weighted by Crippen LogP contribution is 2.35. The number of halogens is 1. The van der Waals surface area contributed by atoms with E-state index in [-0.39, 0.29) is 25.3 Å². The number of primary amides is 1. The Bertz CT molecular complexity index is 646. The van der Waals surface area contributed by atoms with Crippen LogP contribution in [0.25, 0.3) is 0 Å². The summed E-state index contributed by atoms with van der Waals surface area (Å²) in [6.45, 7) is 5.20. The molecule has 2 aliphatic heterocycles. The molecule has 2 saturated heterocycles. The molecule has 1 aromatic rings. The molecule has 1 spiro atoms. The van der Waals surface area contributed by atoms with Crippen molar-refractivity contribution in [2.24, 2.45) is 5.73 Å². The van der Waals surface area contributed by atoms with Crippen molar-refractivity contribution in [3.05, 3.63) is 34.3 Å². The number of ether oxygens (including phenoxy) is 3. The van der Waals surface area contributed by atoms with Crippen LogP contribution in [0.3, 0.4) is 0 Å². The van der Waals surface area contributed by atoms with Crippen LogP contribution >= 0.6 is 15.9 Å². The van der Waals surface area contributed by atoms with Gasteiger partial charge < -0.3 is 24.8 Å². The number of hydrogen-bond acceptors (Lipinski definition) is 6. The first-order chi connectivity index (χ1) is 13.4. The normalized spacial score (nSPS) is 19.1. The maximum absolute atomic E-state index is 12.7. The van der Waals surface area contributed by atoms with Gasteiger partial charge in [-0.15, -0.1) is 0 Å². The van der Waals surface area contributed by atoms with Crippen molar-refractivity contribution in [2.45, 2.75) is 38.5 Å². The number of amides is 2. The van der Waals surface area contributed by atoms with E-state index in [1.807, 2.05) is 38.1 Å². The van der Waals surface area contributed by atoms with Crippen LogP contribution in [0.1, 0.15) is 25.8 Å². The molecular weight excluding hydrogens is 432 g/mol. The summed E-state index contributed by atoms with van der Waals surface area (Å²) in [7, 11) is 1.32. The second-order valence-electron chi connectivity index (χ2n) is 5.81. The van der Waals surface area contributed by atoms with Gasteiger partial charge >= 0.3 is 5.97 Å². The van der Waals surface area contributed by atoms with Crippen LogP contribution in [0.5, 0.6) is 0 Å². The van der Waals surface area contributed by atoms with Gasteiger partial charge in [-0.05, 0) is 17.7 Å². The van der Waals surface area contributed by atoms with E-state index in [2.05, 4.69) is 21.7 Å². The Morgan fingerprint density at radius 2 is 1.82 bits per heavy atom. The van der Waals surface area contributed by atoms with E-state index in [0.29, 0.717) is 19.6 Å². The van der Waals surface area contributed by atoms with Gasteiger partial charge in [0.05, 0.1) is 33.3 Å². The number of carbonyl (C=O) groups excluding carboxylic acids is 3. The van der Waals surface area contributed by atoms with E-state index < -0.39 is 17.8 Å². The quantitative estimate of drug-likeness (QED) is 0.544. The van der Waals surface area contributed by atoms with Gasteiger partial charge in [-0.1, -0.05) is 41.9 Å². The largest absolute Gasteiger partial charge is 0.467 e. The zero-order chi connectivity index (χ0) is 21.2. The predicted molar refractivity (Wildman–Crippen MR) is 106 cm³/mol. The summed E-state index contributed by atoms with van der Waals surface area (Å²) in [5.41, 5.74) is 5.05. The Labute approximate surface area is 173 Å². The molecular formula is C19H27BrN2O6. The lowest BCUT2D eigenvalue weighted by molar-refractivity contribution is -0.152. The van der Waals surface area contributed by atoms with Gasteiger partial charge in [-0.3, -0.25) is 9.59 Å². The van der Waals surface area contributed by atoms with Crippen LogP contribution in [0.4, 0.5) is 0 Å². The molecule has 2 aliphatic rings. The smallest absolute Gasteiger partial charge is 0.328 e. The van der Waals surface area contributed by atoms with Gasteiger partial charge in [-0.2, -0.15) is 0 Å². The van der Waals surface area contributed by atoms with Crippen LogP contribution in [0.2, 0.25) is 0 Å². The molecule has 156 valence electrons. The molecule has 0 radical (unpaired) electrons. The highest BCUT2D eigenvalue weighted by atomic mass is 79.9. The van der Waals surface area contributed by atoms with Crippen LogP contribution in [0, 0.1) is 0 Å².